The lowest BCUT2D eigenvalue weighted by molar-refractivity contribution is -0.141. The lowest BCUT2D eigenvalue weighted by Gasteiger charge is -2.35. The Morgan fingerprint density at radius 3 is 2.75 bits per heavy atom. The number of aromatic nitrogens is 2. The first-order valence-corrected chi connectivity index (χ1v) is 8.33. The summed E-state index contributed by atoms with van der Waals surface area (Å²) in [5.41, 5.74) is 0. The molecule has 1 atom stereocenters. The molecule has 2 aliphatic heterocycles. The van der Waals surface area contributed by atoms with E-state index < -0.39 is 0 Å². The number of ether oxygens (including phenoxy) is 2. The maximum absolute atomic E-state index is 12.5. The fraction of sp³-hybridized carbons (Fsp3) is 0.688. The van der Waals surface area contributed by atoms with Gasteiger partial charge in [0.2, 0.25) is 5.91 Å². The van der Waals surface area contributed by atoms with Crippen LogP contribution in [-0.2, 0) is 14.3 Å². The van der Waals surface area contributed by atoms with E-state index in [1.165, 1.54) is 0 Å². The second kappa shape index (κ2) is 7.87. The number of hydrogen-bond acceptors (Lipinski definition) is 7. The minimum absolute atomic E-state index is 0.0775. The van der Waals surface area contributed by atoms with Gasteiger partial charge in [-0.05, 0) is 20.2 Å². The molecule has 8 nitrogen and oxygen atoms in total. The summed E-state index contributed by atoms with van der Waals surface area (Å²) in [4.78, 5) is 27.5. The molecule has 0 aromatic carbocycles. The summed E-state index contributed by atoms with van der Waals surface area (Å²) in [6.45, 7) is 4.99. The predicted molar refractivity (Wildman–Crippen MR) is 88.9 cm³/mol. The molecule has 132 valence electrons. The Hall–Kier alpha value is -1.77. The van der Waals surface area contributed by atoms with Crippen LogP contribution in [0.4, 0.5) is 5.82 Å². The minimum atomic E-state index is -0.229. The molecule has 0 radical (unpaired) electrons. The maximum Gasteiger partial charge on any atom is 0.237 e. The highest BCUT2D eigenvalue weighted by molar-refractivity contribution is 5.78. The summed E-state index contributed by atoms with van der Waals surface area (Å²) in [5.74, 6) is 1.60. The predicted octanol–water partition coefficient (Wildman–Crippen LogP) is -0.225. The molecule has 24 heavy (non-hydrogen) atoms. The molecule has 1 aromatic heterocycles. The third-order valence-corrected chi connectivity index (χ3v) is 4.19. The Balaban J connectivity index is 1.78. The van der Waals surface area contributed by atoms with E-state index in [-0.39, 0.29) is 11.9 Å². The van der Waals surface area contributed by atoms with Crippen molar-refractivity contribution in [1.82, 2.24) is 19.8 Å². The summed E-state index contributed by atoms with van der Waals surface area (Å²) in [6.07, 6.45) is 1.76. The van der Waals surface area contributed by atoms with Gasteiger partial charge in [-0.2, -0.15) is 0 Å². The van der Waals surface area contributed by atoms with Gasteiger partial charge in [-0.1, -0.05) is 0 Å². The van der Waals surface area contributed by atoms with Crippen LogP contribution < -0.4 is 4.90 Å². The zero-order valence-corrected chi connectivity index (χ0v) is 14.3. The summed E-state index contributed by atoms with van der Waals surface area (Å²) in [6, 6.07) is 1.68. The normalized spacial score (nSPS) is 22.0. The van der Waals surface area contributed by atoms with Crippen molar-refractivity contribution >= 4 is 11.7 Å². The van der Waals surface area contributed by atoms with Crippen molar-refractivity contribution in [3.63, 3.8) is 0 Å². The Morgan fingerprint density at radius 2 is 2.00 bits per heavy atom. The topological polar surface area (TPSA) is 71.0 Å². The van der Waals surface area contributed by atoms with Crippen molar-refractivity contribution in [2.24, 2.45) is 0 Å². The van der Waals surface area contributed by atoms with Crippen molar-refractivity contribution in [2.75, 3.05) is 71.6 Å². The number of amides is 1. The molecule has 1 amide bonds. The molecule has 0 aliphatic carbocycles. The number of likely N-dealkylation sites (N-methyl/N-ethyl adjacent to an activating group) is 1. The van der Waals surface area contributed by atoms with E-state index in [0.29, 0.717) is 45.3 Å². The van der Waals surface area contributed by atoms with Crippen LogP contribution in [0.5, 0.6) is 0 Å². The molecule has 2 saturated heterocycles. The van der Waals surface area contributed by atoms with Crippen molar-refractivity contribution in [2.45, 2.75) is 6.04 Å². The van der Waals surface area contributed by atoms with E-state index >= 15 is 0 Å². The maximum atomic E-state index is 12.5. The monoisotopic (exact) mass is 335 g/mol. The van der Waals surface area contributed by atoms with Gasteiger partial charge in [-0.15, -0.1) is 0 Å². The van der Waals surface area contributed by atoms with Crippen molar-refractivity contribution < 1.29 is 14.3 Å². The minimum Gasteiger partial charge on any atom is -0.378 e. The second-order valence-electron chi connectivity index (χ2n) is 6.29. The molecule has 0 bridgehead atoms. The summed E-state index contributed by atoms with van der Waals surface area (Å²) < 4.78 is 11.0. The van der Waals surface area contributed by atoms with Gasteiger partial charge in [0.05, 0.1) is 33.0 Å². The van der Waals surface area contributed by atoms with Crippen LogP contribution in [0.2, 0.25) is 0 Å². The smallest absolute Gasteiger partial charge is 0.237 e. The molecule has 3 heterocycles. The quantitative estimate of drug-likeness (QED) is 0.753. The molecular formula is C16H25N5O3. The Labute approximate surface area is 142 Å². The first kappa shape index (κ1) is 17.1. The SMILES string of the molecule is CN(C)CC(=O)N1CCOCC1c1nccc(N2CCOCC2)n1. The summed E-state index contributed by atoms with van der Waals surface area (Å²) >= 11 is 0. The Bertz CT molecular complexity index is 562. The van der Waals surface area contributed by atoms with Gasteiger partial charge in [0.1, 0.15) is 11.9 Å². The Morgan fingerprint density at radius 1 is 1.25 bits per heavy atom. The Kier molecular flexibility index (Phi) is 5.60. The van der Waals surface area contributed by atoms with Gasteiger partial charge in [-0.25, -0.2) is 9.97 Å². The van der Waals surface area contributed by atoms with E-state index in [1.54, 1.807) is 6.20 Å². The molecule has 3 rings (SSSR count). The van der Waals surface area contributed by atoms with Gasteiger partial charge >= 0.3 is 0 Å². The molecule has 0 saturated carbocycles. The zero-order valence-electron chi connectivity index (χ0n) is 14.3. The number of carbonyl (C=O) groups excluding carboxylic acids is 1. The number of anilines is 1. The standard InChI is InChI=1S/C16H25N5O3/c1-19(2)11-15(22)21-7-10-24-12-13(21)16-17-4-3-14(18-16)20-5-8-23-9-6-20/h3-4,13H,5-12H2,1-2H3. The number of morpholine rings is 2. The molecule has 0 N–H and O–H groups in total. The van der Waals surface area contributed by atoms with E-state index in [1.807, 2.05) is 30.0 Å². The first-order chi connectivity index (χ1) is 11.6. The van der Waals surface area contributed by atoms with E-state index in [2.05, 4.69) is 9.88 Å². The van der Waals surface area contributed by atoms with Gasteiger partial charge in [0.25, 0.3) is 0 Å². The van der Waals surface area contributed by atoms with Gasteiger partial charge in [0.15, 0.2) is 5.82 Å². The van der Waals surface area contributed by atoms with E-state index in [9.17, 15) is 4.79 Å². The molecule has 1 unspecified atom stereocenters. The van der Waals surface area contributed by atoms with Crippen molar-refractivity contribution in [3.05, 3.63) is 18.1 Å². The molecule has 8 heteroatoms. The summed E-state index contributed by atoms with van der Waals surface area (Å²) in [7, 11) is 3.78. The first-order valence-electron chi connectivity index (χ1n) is 8.33. The molecular weight excluding hydrogens is 310 g/mol. The number of nitrogens with zero attached hydrogens (tertiary/aromatic N) is 5. The van der Waals surface area contributed by atoms with E-state index in [4.69, 9.17) is 14.5 Å². The third-order valence-electron chi connectivity index (χ3n) is 4.19. The van der Waals surface area contributed by atoms with E-state index in [0.717, 1.165) is 18.9 Å². The molecule has 1 aromatic rings. The van der Waals surface area contributed by atoms with Crippen LogP contribution in [0.25, 0.3) is 0 Å². The second-order valence-corrected chi connectivity index (χ2v) is 6.29. The van der Waals surface area contributed by atoms with Gasteiger partial charge < -0.3 is 24.2 Å². The lowest BCUT2D eigenvalue weighted by atomic mass is 10.2. The molecule has 0 spiro atoms. The largest absolute Gasteiger partial charge is 0.378 e. The van der Waals surface area contributed by atoms with Crippen LogP contribution >= 0.6 is 0 Å². The highest BCUT2D eigenvalue weighted by Crippen LogP contribution is 2.23. The summed E-state index contributed by atoms with van der Waals surface area (Å²) in [5, 5.41) is 0. The average molecular weight is 335 g/mol. The number of hydrogen-bond donors (Lipinski definition) is 0. The third kappa shape index (κ3) is 4.00. The van der Waals surface area contributed by atoms with Crippen molar-refractivity contribution in [3.8, 4) is 0 Å². The van der Waals surface area contributed by atoms with Gasteiger partial charge in [0, 0.05) is 25.8 Å². The number of rotatable bonds is 4. The average Bonchev–Trinajstić information content (AvgIpc) is 2.62. The van der Waals surface area contributed by atoms with Crippen molar-refractivity contribution in [1.29, 1.82) is 0 Å². The van der Waals surface area contributed by atoms with Crippen LogP contribution in [-0.4, -0.2) is 92.4 Å². The highest BCUT2D eigenvalue weighted by atomic mass is 16.5. The fourth-order valence-electron chi connectivity index (χ4n) is 2.97. The zero-order chi connectivity index (χ0) is 16.9. The van der Waals surface area contributed by atoms with Crippen LogP contribution in [0.1, 0.15) is 11.9 Å². The van der Waals surface area contributed by atoms with Crippen LogP contribution in [0.15, 0.2) is 12.3 Å². The van der Waals surface area contributed by atoms with Crippen LogP contribution in [0.3, 0.4) is 0 Å². The number of carbonyl (C=O) groups is 1. The lowest BCUT2D eigenvalue weighted by Crippen LogP contribution is -2.47. The fourth-order valence-corrected chi connectivity index (χ4v) is 2.97. The van der Waals surface area contributed by atoms with Crippen LogP contribution in [0, 0.1) is 0 Å². The highest BCUT2D eigenvalue weighted by Gasteiger charge is 2.31. The molecule has 2 aliphatic rings. The molecule has 2 fully saturated rings. The van der Waals surface area contributed by atoms with Gasteiger partial charge in [-0.3, -0.25) is 4.79 Å².